The maximum Gasteiger partial charge on any atom is 0.163 e. The normalized spacial score (nSPS) is 27.5. The molecule has 0 aromatic carbocycles. The van der Waals surface area contributed by atoms with E-state index in [2.05, 4.69) is 19.5 Å². The molecule has 30 heavy (non-hydrogen) atoms. The third-order valence-electron chi connectivity index (χ3n) is 6.22. The van der Waals surface area contributed by atoms with Gasteiger partial charge in [0.2, 0.25) is 0 Å². The van der Waals surface area contributed by atoms with E-state index in [0.717, 1.165) is 28.1 Å². The molecule has 7 nitrogen and oxygen atoms in total. The van der Waals surface area contributed by atoms with Gasteiger partial charge in [-0.15, -0.1) is 0 Å². The molecule has 4 atom stereocenters. The van der Waals surface area contributed by atoms with E-state index in [1.165, 1.54) is 0 Å². The summed E-state index contributed by atoms with van der Waals surface area (Å²) in [5.74, 6) is -0.819. The molecule has 1 aliphatic heterocycles. The Balaban J connectivity index is 1.48. The van der Waals surface area contributed by atoms with E-state index in [9.17, 15) is 4.79 Å². The monoisotopic (exact) mass is 406 g/mol. The molecule has 0 unspecified atom stereocenters. The number of aromatic nitrogens is 4. The Labute approximate surface area is 175 Å². The number of ether oxygens (including phenoxy) is 2. The molecule has 2 fully saturated rings. The molecule has 5 rings (SSSR count). The van der Waals surface area contributed by atoms with E-state index in [4.69, 9.17) is 9.47 Å². The summed E-state index contributed by atoms with van der Waals surface area (Å²) in [5, 5.41) is 1.02. The van der Waals surface area contributed by atoms with E-state index < -0.39 is 5.79 Å². The topological polar surface area (TPSA) is 79.1 Å². The lowest BCUT2D eigenvalue weighted by atomic mass is 9.96. The average molecular weight is 406 g/mol. The molecule has 3 aromatic heterocycles. The Kier molecular flexibility index (Phi) is 4.48. The van der Waals surface area contributed by atoms with Crippen molar-refractivity contribution in [2.45, 2.75) is 64.6 Å². The molecule has 1 saturated carbocycles. The van der Waals surface area contributed by atoms with Gasteiger partial charge in [0.05, 0.1) is 17.8 Å². The molecule has 7 heteroatoms. The largest absolute Gasteiger partial charge is 0.344 e. The maximum atomic E-state index is 13.3. The van der Waals surface area contributed by atoms with Gasteiger partial charge in [-0.1, -0.05) is 6.07 Å². The first-order chi connectivity index (χ1) is 14.3. The van der Waals surface area contributed by atoms with Crippen molar-refractivity contribution in [2.75, 3.05) is 0 Å². The second-order valence-electron chi connectivity index (χ2n) is 8.81. The first-order valence-corrected chi connectivity index (χ1v) is 10.4. The number of pyridine rings is 1. The summed E-state index contributed by atoms with van der Waals surface area (Å²) < 4.78 is 14.6. The van der Waals surface area contributed by atoms with Gasteiger partial charge in [0.25, 0.3) is 0 Å². The number of aryl methyl sites for hydroxylation is 2. The van der Waals surface area contributed by atoms with Crippen LogP contribution < -0.4 is 0 Å². The molecule has 2 aliphatic rings. The minimum Gasteiger partial charge on any atom is -0.344 e. The highest BCUT2D eigenvalue weighted by Gasteiger charge is 2.56. The highest BCUT2D eigenvalue weighted by atomic mass is 16.8. The van der Waals surface area contributed by atoms with Crippen molar-refractivity contribution < 1.29 is 14.3 Å². The summed E-state index contributed by atoms with van der Waals surface area (Å²) in [5.41, 5.74) is 3.52. The molecular formula is C23H26N4O3. The lowest BCUT2D eigenvalue weighted by molar-refractivity contribution is -0.162. The van der Waals surface area contributed by atoms with Crippen molar-refractivity contribution in [1.29, 1.82) is 0 Å². The van der Waals surface area contributed by atoms with Gasteiger partial charge in [0, 0.05) is 35.3 Å². The second kappa shape index (κ2) is 6.96. The SMILES string of the molecule is Cc1cccc(CC(=O)[C@H]2C[C@@H](n3ccc4c(C)ncnc43)[C@@H]3OC(C)(C)O[C@@H]32)n1. The van der Waals surface area contributed by atoms with Gasteiger partial charge in [-0.25, -0.2) is 9.97 Å². The van der Waals surface area contributed by atoms with E-state index in [1.807, 2.05) is 58.2 Å². The Morgan fingerprint density at radius 2 is 1.97 bits per heavy atom. The van der Waals surface area contributed by atoms with Crippen LogP contribution in [0.25, 0.3) is 11.0 Å². The summed E-state index contributed by atoms with van der Waals surface area (Å²) in [4.78, 5) is 26.6. The Hall–Kier alpha value is -2.64. The van der Waals surface area contributed by atoms with E-state index in [1.54, 1.807) is 6.33 Å². The number of fused-ring (bicyclic) bond motifs is 2. The van der Waals surface area contributed by atoms with Crippen molar-refractivity contribution in [2.24, 2.45) is 5.92 Å². The van der Waals surface area contributed by atoms with Crippen molar-refractivity contribution in [3.05, 3.63) is 53.9 Å². The number of Topliss-reactive ketones (excluding diaryl/α,β-unsaturated/α-hetero) is 1. The van der Waals surface area contributed by atoms with Crippen LogP contribution in [0.2, 0.25) is 0 Å². The van der Waals surface area contributed by atoms with Crippen LogP contribution in [0, 0.1) is 19.8 Å². The molecule has 0 spiro atoms. The Morgan fingerprint density at radius 1 is 1.17 bits per heavy atom. The molecule has 0 radical (unpaired) electrons. The van der Waals surface area contributed by atoms with Gasteiger partial charge in [0.1, 0.15) is 23.9 Å². The molecular weight excluding hydrogens is 380 g/mol. The molecule has 156 valence electrons. The van der Waals surface area contributed by atoms with Gasteiger partial charge in [0.15, 0.2) is 5.79 Å². The minimum atomic E-state index is -0.720. The summed E-state index contributed by atoms with van der Waals surface area (Å²) in [6, 6.07) is 7.80. The summed E-state index contributed by atoms with van der Waals surface area (Å²) in [7, 11) is 0. The molecule has 4 heterocycles. The predicted octanol–water partition coefficient (Wildman–Crippen LogP) is 3.34. The zero-order chi connectivity index (χ0) is 21.0. The van der Waals surface area contributed by atoms with Crippen molar-refractivity contribution in [1.82, 2.24) is 19.5 Å². The molecule has 0 N–H and O–H groups in total. The number of carbonyl (C=O) groups excluding carboxylic acids is 1. The van der Waals surface area contributed by atoms with Crippen LogP contribution in [-0.2, 0) is 20.7 Å². The third-order valence-corrected chi connectivity index (χ3v) is 6.22. The van der Waals surface area contributed by atoms with Gasteiger partial charge in [-0.3, -0.25) is 9.78 Å². The lowest BCUT2D eigenvalue weighted by Gasteiger charge is -2.24. The second-order valence-corrected chi connectivity index (χ2v) is 8.81. The van der Waals surface area contributed by atoms with Gasteiger partial charge in [-0.2, -0.15) is 0 Å². The molecule has 0 amide bonds. The molecule has 3 aromatic rings. The van der Waals surface area contributed by atoms with E-state index >= 15 is 0 Å². The number of ketones is 1. The van der Waals surface area contributed by atoms with Crippen LogP contribution in [0.4, 0.5) is 0 Å². The predicted molar refractivity (Wildman–Crippen MR) is 111 cm³/mol. The lowest BCUT2D eigenvalue weighted by Crippen LogP contribution is -2.31. The first-order valence-electron chi connectivity index (χ1n) is 10.4. The van der Waals surface area contributed by atoms with Crippen molar-refractivity contribution in [3.63, 3.8) is 0 Å². The van der Waals surface area contributed by atoms with Gasteiger partial charge >= 0.3 is 0 Å². The van der Waals surface area contributed by atoms with Crippen LogP contribution in [0.1, 0.15) is 43.4 Å². The minimum absolute atomic E-state index is 0.0250. The number of hydrogen-bond donors (Lipinski definition) is 0. The highest BCUT2D eigenvalue weighted by Crippen LogP contribution is 2.48. The Bertz CT molecular complexity index is 1120. The van der Waals surface area contributed by atoms with Crippen LogP contribution >= 0.6 is 0 Å². The standard InChI is InChI=1S/C23H26N4O3/c1-13-6-5-7-15(26-13)10-19(28)17-11-18(21-20(17)29-23(3,4)30-21)27-9-8-16-14(2)24-12-25-22(16)27/h5-9,12,17-18,20-21H,10-11H2,1-4H3/t17-,18-,20-,21+/m1/s1. The summed E-state index contributed by atoms with van der Waals surface area (Å²) >= 11 is 0. The third kappa shape index (κ3) is 3.22. The fourth-order valence-electron chi connectivity index (χ4n) is 4.91. The Morgan fingerprint density at radius 3 is 2.77 bits per heavy atom. The smallest absolute Gasteiger partial charge is 0.163 e. The van der Waals surface area contributed by atoms with Crippen molar-refractivity contribution in [3.8, 4) is 0 Å². The van der Waals surface area contributed by atoms with Crippen LogP contribution in [0.5, 0.6) is 0 Å². The number of carbonyl (C=O) groups is 1. The summed E-state index contributed by atoms with van der Waals surface area (Å²) in [6.07, 6.45) is 4.09. The van der Waals surface area contributed by atoms with E-state index in [-0.39, 0.29) is 30.0 Å². The van der Waals surface area contributed by atoms with Gasteiger partial charge in [-0.05, 0) is 52.3 Å². The molecule has 1 aliphatic carbocycles. The van der Waals surface area contributed by atoms with Gasteiger partial charge < -0.3 is 14.0 Å². The fraction of sp³-hybridized carbons (Fsp3) is 0.478. The average Bonchev–Trinajstić information content (AvgIpc) is 3.33. The zero-order valence-corrected chi connectivity index (χ0v) is 17.7. The maximum absolute atomic E-state index is 13.3. The first kappa shape index (κ1) is 19.3. The summed E-state index contributed by atoms with van der Waals surface area (Å²) in [6.45, 7) is 7.73. The molecule has 0 bridgehead atoms. The van der Waals surface area contributed by atoms with Crippen LogP contribution in [0.3, 0.4) is 0 Å². The molecule has 1 saturated heterocycles. The van der Waals surface area contributed by atoms with Crippen LogP contribution in [0.15, 0.2) is 36.8 Å². The number of hydrogen-bond acceptors (Lipinski definition) is 6. The van der Waals surface area contributed by atoms with Crippen LogP contribution in [-0.4, -0.2) is 43.3 Å². The highest BCUT2D eigenvalue weighted by molar-refractivity contribution is 5.84. The zero-order valence-electron chi connectivity index (χ0n) is 17.7. The fourth-order valence-corrected chi connectivity index (χ4v) is 4.91. The van der Waals surface area contributed by atoms with E-state index in [0.29, 0.717) is 12.8 Å². The quantitative estimate of drug-likeness (QED) is 0.661. The van der Waals surface area contributed by atoms with Crippen molar-refractivity contribution >= 4 is 16.8 Å². The number of nitrogens with zero attached hydrogens (tertiary/aromatic N) is 4. The number of rotatable bonds is 4.